The van der Waals surface area contributed by atoms with Gasteiger partial charge >= 0.3 is 17.9 Å². The topological polar surface area (TPSA) is 78.9 Å². The molecule has 0 amide bonds. The highest BCUT2D eigenvalue weighted by atomic mass is 16.6. The second kappa shape index (κ2) is 41.6. The summed E-state index contributed by atoms with van der Waals surface area (Å²) in [7, 11) is 0. The van der Waals surface area contributed by atoms with Crippen molar-refractivity contribution in [2.75, 3.05) is 13.2 Å². The summed E-state index contributed by atoms with van der Waals surface area (Å²) >= 11 is 0. The number of hydrogen-bond donors (Lipinski definition) is 0. The van der Waals surface area contributed by atoms with Gasteiger partial charge in [0.05, 0.1) is 0 Å². The Hall–Kier alpha value is -1.59. The number of unbranched alkanes of at least 4 members (excludes halogenated alkanes) is 25. The molecule has 0 rings (SSSR count). The van der Waals surface area contributed by atoms with Gasteiger partial charge in [0.1, 0.15) is 13.2 Å². The zero-order chi connectivity index (χ0) is 41.3. The minimum Gasteiger partial charge on any atom is -0.462 e. The van der Waals surface area contributed by atoms with Crippen LogP contribution in [0.1, 0.15) is 266 Å². The van der Waals surface area contributed by atoms with E-state index in [1.54, 1.807) is 0 Å². The number of carbonyl (C=O) groups excluding carboxylic acids is 3. The van der Waals surface area contributed by atoms with Crippen molar-refractivity contribution >= 4 is 17.9 Å². The van der Waals surface area contributed by atoms with E-state index in [2.05, 4.69) is 41.5 Å². The second-order valence-electron chi connectivity index (χ2n) is 18.3. The van der Waals surface area contributed by atoms with Crippen molar-refractivity contribution in [2.45, 2.75) is 272 Å². The molecule has 0 spiro atoms. The number of hydrogen-bond acceptors (Lipinski definition) is 6. The van der Waals surface area contributed by atoms with Crippen molar-refractivity contribution in [1.29, 1.82) is 0 Å². The third kappa shape index (κ3) is 42.0. The number of rotatable bonds is 43. The molecule has 0 heterocycles. The van der Waals surface area contributed by atoms with E-state index in [0.29, 0.717) is 19.3 Å². The fourth-order valence-electron chi connectivity index (χ4n) is 7.38. The van der Waals surface area contributed by atoms with E-state index < -0.39 is 6.10 Å². The Morgan fingerprint density at radius 1 is 0.357 bits per heavy atom. The fourth-order valence-corrected chi connectivity index (χ4v) is 7.38. The van der Waals surface area contributed by atoms with Gasteiger partial charge in [-0.2, -0.15) is 0 Å². The monoisotopic (exact) mass is 793 g/mol. The molecule has 0 aliphatic carbocycles. The summed E-state index contributed by atoms with van der Waals surface area (Å²) in [4.78, 5) is 37.8. The van der Waals surface area contributed by atoms with Crippen LogP contribution in [0.4, 0.5) is 0 Å². The van der Waals surface area contributed by atoms with Crippen molar-refractivity contribution in [1.82, 2.24) is 0 Å². The number of esters is 3. The minimum absolute atomic E-state index is 0.0663. The van der Waals surface area contributed by atoms with Crippen LogP contribution in [-0.4, -0.2) is 37.2 Å². The lowest BCUT2D eigenvalue weighted by Gasteiger charge is -2.18. The predicted molar refractivity (Wildman–Crippen MR) is 238 cm³/mol. The van der Waals surface area contributed by atoms with Crippen molar-refractivity contribution < 1.29 is 28.6 Å². The molecule has 56 heavy (non-hydrogen) atoms. The van der Waals surface area contributed by atoms with Crippen LogP contribution >= 0.6 is 0 Å². The maximum atomic E-state index is 12.7. The minimum atomic E-state index is -0.763. The quantitative estimate of drug-likeness (QED) is 0.0348. The van der Waals surface area contributed by atoms with Crippen molar-refractivity contribution in [3.8, 4) is 0 Å². The average molecular weight is 793 g/mol. The Morgan fingerprint density at radius 2 is 0.625 bits per heavy atom. The molecule has 0 aromatic carbocycles. The number of carbonyl (C=O) groups is 3. The molecule has 0 N–H and O–H groups in total. The summed E-state index contributed by atoms with van der Waals surface area (Å²) < 4.78 is 16.7. The van der Waals surface area contributed by atoms with Gasteiger partial charge in [0.25, 0.3) is 0 Å². The van der Waals surface area contributed by atoms with Gasteiger partial charge in [-0.1, -0.05) is 228 Å². The van der Waals surface area contributed by atoms with Gasteiger partial charge in [-0.15, -0.1) is 0 Å². The summed E-state index contributed by atoms with van der Waals surface area (Å²) in [6.07, 6.45) is 39.6. The third-order valence-electron chi connectivity index (χ3n) is 11.5. The summed E-state index contributed by atoms with van der Waals surface area (Å²) in [6, 6.07) is 0. The largest absolute Gasteiger partial charge is 0.462 e. The SMILES string of the molecule is CCC(C)CCCCCCCCC(=O)OC[C@H](COC(=O)CCCCCCCCCCCCCCCCCC(C)C)OC(=O)CCCCCCCCCC(C)C. The predicted octanol–water partition coefficient (Wildman–Crippen LogP) is 15.6. The molecule has 0 saturated heterocycles. The molecule has 0 radical (unpaired) electrons. The Morgan fingerprint density at radius 3 is 0.929 bits per heavy atom. The molecule has 0 fully saturated rings. The van der Waals surface area contributed by atoms with Crippen LogP contribution < -0.4 is 0 Å². The lowest BCUT2D eigenvalue weighted by atomic mass is 10.00. The van der Waals surface area contributed by atoms with Crippen molar-refractivity contribution in [3.63, 3.8) is 0 Å². The fraction of sp³-hybridized carbons (Fsp3) is 0.940. The highest BCUT2D eigenvalue weighted by Crippen LogP contribution is 2.18. The Bertz CT molecular complexity index is 870. The smallest absolute Gasteiger partial charge is 0.306 e. The van der Waals surface area contributed by atoms with Crippen LogP contribution in [0.5, 0.6) is 0 Å². The molecule has 0 saturated carbocycles. The van der Waals surface area contributed by atoms with E-state index in [9.17, 15) is 14.4 Å². The molecule has 0 aromatic rings. The number of ether oxygens (including phenoxy) is 3. The first-order valence-corrected chi connectivity index (χ1v) is 24.6. The van der Waals surface area contributed by atoms with Crippen LogP contribution in [0.25, 0.3) is 0 Å². The maximum Gasteiger partial charge on any atom is 0.306 e. The van der Waals surface area contributed by atoms with E-state index in [0.717, 1.165) is 75.5 Å². The van der Waals surface area contributed by atoms with Gasteiger partial charge in [0.2, 0.25) is 0 Å². The lowest BCUT2D eigenvalue weighted by Crippen LogP contribution is -2.30. The van der Waals surface area contributed by atoms with E-state index in [1.165, 1.54) is 148 Å². The molecule has 2 atom stereocenters. The van der Waals surface area contributed by atoms with Gasteiger partial charge in [-0.3, -0.25) is 14.4 Å². The summed E-state index contributed by atoms with van der Waals surface area (Å²) in [5, 5.41) is 0. The summed E-state index contributed by atoms with van der Waals surface area (Å²) in [5.41, 5.74) is 0. The molecule has 1 unspecified atom stereocenters. The Labute approximate surface area is 348 Å². The highest BCUT2D eigenvalue weighted by Gasteiger charge is 2.19. The van der Waals surface area contributed by atoms with Gasteiger partial charge in [-0.05, 0) is 37.0 Å². The normalized spacial score (nSPS) is 12.6. The van der Waals surface area contributed by atoms with Gasteiger partial charge < -0.3 is 14.2 Å². The van der Waals surface area contributed by atoms with Crippen LogP contribution in [0.3, 0.4) is 0 Å². The Kier molecular flexibility index (Phi) is 40.4. The van der Waals surface area contributed by atoms with Crippen LogP contribution in [0.2, 0.25) is 0 Å². The molecular formula is C50H96O6. The molecule has 0 aliphatic heterocycles. The standard InChI is InChI=1S/C50H96O6/c1-7-46(6)38-32-26-22-23-28-34-40-49(52)55-43-47(56-50(53)41-35-29-21-17-19-25-31-37-45(4)5)42-54-48(51)39-33-27-20-16-14-12-10-8-9-11-13-15-18-24-30-36-44(2)3/h44-47H,7-43H2,1-6H3/t46?,47-/m0/s1. The van der Waals surface area contributed by atoms with Crippen molar-refractivity contribution in [2.24, 2.45) is 17.8 Å². The molecule has 0 bridgehead atoms. The molecule has 0 aliphatic rings. The summed E-state index contributed by atoms with van der Waals surface area (Å²) in [6.45, 7) is 13.6. The van der Waals surface area contributed by atoms with Crippen LogP contribution in [0, 0.1) is 17.8 Å². The Balaban J connectivity index is 4.25. The third-order valence-corrected chi connectivity index (χ3v) is 11.5. The molecule has 6 nitrogen and oxygen atoms in total. The van der Waals surface area contributed by atoms with Crippen LogP contribution in [0.15, 0.2) is 0 Å². The summed E-state index contributed by atoms with van der Waals surface area (Å²) in [5.74, 6) is 1.58. The zero-order valence-corrected chi connectivity index (χ0v) is 38.4. The van der Waals surface area contributed by atoms with Gasteiger partial charge in [0, 0.05) is 19.3 Å². The van der Waals surface area contributed by atoms with Crippen LogP contribution in [-0.2, 0) is 28.6 Å². The average Bonchev–Trinajstić information content (AvgIpc) is 3.16. The molecule has 0 aromatic heterocycles. The van der Waals surface area contributed by atoms with E-state index in [1.807, 2.05) is 0 Å². The van der Waals surface area contributed by atoms with Gasteiger partial charge in [-0.25, -0.2) is 0 Å². The first-order valence-electron chi connectivity index (χ1n) is 24.6. The van der Waals surface area contributed by atoms with E-state index in [-0.39, 0.29) is 31.1 Å². The lowest BCUT2D eigenvalue weighted by molar-refractivity contribution is -0.167. The van der Waals surface area contributed by atoms with Gasteiger partial charge in [0.15, 0.2) is 6.10 Å². The van der Waals surface area contributed by atoms with Crippen molar-refractivity contribution in [3.05, 3.63) is 0 Å². The second-order valence-corrected chi connectivity index (χ2v) is 18.3. The molecule has 332 valence electrons. The van der Waals surface area contributed by atoms with E-state index in [4.69, 9.17) is 14.2 Å². The first kappa shape index (κ1) is 54.4. The molecule has 6 heteroatoms. The first-order chi connectivity index (χ1) is 27.1. The maximum absolute atomic E-state index is 12.7. The zero-order valence-electron chi connectivity index (χ0n) is 38.4. The van der Waals surface area contributed by atoms with E-state index >= 15 is 0 Å². The highest BCUT2D eigenvalue weighted by molar-refractivity contribution is 5.71. The molecular weight excluding hydrogens is 697 g/mol.